The summed E-state index contributed by atoms with van der Waals surface area (Å²) in [5, 5.41) is 11.5. The lowest BCUT2D eigenvalue weighted by atomic mass is 10.2. The van der Waals surface area contributed by atoms with E-state index in [0.29, 0.717) is 12.2 Å². The van der Waals surface area contributed by atoms with E-state index in [0.717, 1.165) is 30.2 Å². The van der Waals surface area contributed by atoms with Gasteiger partial charge in [0.15, 0.2) is 5.69 Å². The van der Waals surface area contributed by atoms with Gasteiger partial charge in [-0.05, 0) is 38.1 Å². The first-order chi connectivity index (χ1) is 11.1. The van der Waals surface area contributed by atoms with Crippen molar-refractivity contribution in [3.63, 3.8) is 0 Å². The lowest BCUT2D eigenvalue weighted by molar-refractivity contribution is 0.0649. The summed E-state index contributed by atoms with van der Waals surface area (Å²) in [5.74, 6) is 0.716. The second-order valence-electron chi connectivity index (χ2n) is 5.68. The quantitative estimate of drug-likeness (QED) is 0.915. The van der Waals surface area contributed by atoms with Crippen LogP contribution in [0.3, 0.4) is 0 Å². The molecule has 0 unspecified atom stereocenters. The molecule has 0 spiro atoms. The molecular weight excluding hydrogens is 294 g/mol. The second kappa shape index (κ2) is 6.37. The number of amides is 1. The monoisotopic (exact) mass is 315 g/mol. The summed E-state index contributed by atoms with van der Waals surface area (Å²) in [4.78, 5) is 14.6. The molecule has 2 heterocycles. The topological polar surface area (TPSA) is 72.3 Å². The summed E-state index contributed by atoms with van der Waals surface area (Å²) in [5.41, 5.74) is 2.00. The number of carbonyl (C=O) groups is 1. The zero-order valence-electron chi connectivity index (χ0n) is 13.6. The highest BCUT2D eigenvalue weighted by Crippen LogP contribution is 2.18. The Kier molecular flexibility index (Phi) is 4.29. The Morgan fingerprint density at radius 3 is 2.74 bits per heavy atom. The predicted octanol–water partition coefficient (Wildman–Crippen LogP) is 1.02. The number of hydrogen-bond donors (Lipinski definition) is 1. The maximum absolute atomic E-state index is 12.7. The third-order valence-electron chi connectivity index (χ3n) is 4.18. The predicted molar refractivity (Wildman–Crippen MR) is 86.0 cm³/mol. The molecule has 1 aliphatic heterocycles. The summed E-state index contributed by atoms with van der Waals surface area (Å²) in [7, 11) is 1.63. The number of piperazine rings is 1. The number of carbonyl (C=O) groups excluding carboxylic acids is 1. The van der Waals surface area contributed by atoms with Gasteiger partial charge < -0.3 is 15.0 Å². The molecule has 1 aromatic heterocycles. The van der Waals surface area contributed by atoms with Gasteiger partial charge in [-0.15, -0.1) is 5.10 Å². The molecular formula is C16H21N5O2. The first-order valence-electron chi connectivity index (χ1n) is 7.70. The van der Waals surface area contributed by atoms with Crippen LogP contribution in [-0.4, -0.2) is 58.6 Å². The van der Waals surface area contributed by atoms with Gasteiger partial charge >= 0.3 is 0 Å². The molecule has 1 aliphatic rings. The van der Waals surface area contributed by atoms with Gasteiger partial charge in [-0.2, -0.15) is 0 Å². The minimum absolute atomic E-state index is 0.0590. The number of hydrogen-bond acceptors (Lipinski definition) is 5. The van der Waals surface area contributed by atoms with Crippen molar-refractivity contribution in [2.24, 2.45) is 0 Å². The number of benzene rings is 1. The fourth-order valence-electron chi connectivity index (χ4n) is 2.77. The smallest absolute Gasteiger partial charge is 0.276 e. The summed E-state index contributed by atoms with van der Waals surface area (Å²) >= 11 is 0. The Bertz CT molecular complexity index is 695. The molecule has 0 saturated carbocycles. The van der Waals surface area contributed by atoms with Crippen LogP contribution in [0.2, 0.25) is 0 Å². The van der Waals surface area contributed by atoms with Gasteiger partial charge in [-0.3, -0.25) is 4.79 Å². The fourth-order valence-corrected chi connectivity index (χ4v) is 2.77. The van der Waals surface area contributed by atoms with Crippen LogP contribution in [0.4, 0.5) is 0 Å². The summed E-state index contributed by atoms with van der Waals surface area (Å²) in [6, 6.07) is 7.65. The van der Waals surface area contributed by atoms with Gasteiger partial charge in [0.2, 0.25) is 0 Å². The van der Waals surface area contributed by atoms with Crippen molar-refractivity contribution >= 4 is 5.91 Å². The SMILES string of the molecule is COc1ccc(-n2nnc(C(=O)N3CCNC[C@H]3C)c2C)cc1. The van der Waals surface area contributed by atoms with Crippen molar-refractivity contribution in [3.05, 3.63) is 35.7 Å². The Labute approximate surface area is 135 Å². The van der Waals surface area contributed by atoms with Crippen molar-refractivity contribution < 1.29 is 9.53 Å². The summed E-state index contributed by atoms with van der Waals surface area (Å²) < 4.78 is 6.84. The summed E-state index contributed by atoms with van der Waals surface area (Å²) in [6.07, 6.45) is 0. The van der Waals surface area contributed by atoms with E-state index in [-0.39, 0.29) is 11.9 Å². The molecule has 3 rings (SSSR count). The van der Waals surface area contributed by atoms with Crippen molar-refractivity contribution in [1.82, 2.24) is 25.2 Å². The van der Waals surface area contributed by atoms with Crippen molar-refractivity contribution in [3.8, 4) is 11.4 Å². The number of ether oxygens (including phenoxy) is 1. The van der Waals surface area contributed by atoms with E-state index in [1.807, 2.05) is 43.0 Å². The molecule has 7 heteroatoms. The number of rotatable bonds is 3. The van der Waals surface area contributed by atoms with Crippen LogP contribution in [-0.2, 0) is 0 Å². The minimum atomic E-state index is -0.0590. The summed E-state index contributed by atoms with van der Waals surface area (Å²) in [6.45, 7) is 6.20. The molecule has 7 nitrogen and oxygen atoms in total. The molecule has 0 radical (unpaired) electrons. The number of aromatic nitrogens is 3. The highest BCUT2D eigenvalue weighted by molar-refractivity contribution is 5.93. The van der Waals surface area contributed by atoms with Crippen molar-refractivity contribution in [2.45, 2.75) is 19.9 Å². The Morgan fingerprint density at radius 2 is 2.09 bits per heavy atom. The van der Waals surface area contributed by atoms with Gasteiger partial charge in [-0.25, -0.2) is 4.68 Å². The van der Waals surface area contributed by atoms with Crippen LogP contribution in [0.25, 0.3) is 5.69 Å². The zero-order valence-corrected chi connectivity index (χ0v) is 13.6. The van der Waals surface area contributed by atoms with Crippen LogP contribution < -0.4 is 10.1 Å². The molecule has 0 bridgehead atoms. The van der Waals surface area contributed by atoms with Crippen LogP contribution in [0.15, 0.2) is 24.3 Å². The van der Waals surface area contributed by atoms with Gasteiger partial charge in [0.05, 0.1) is 18.5 Å². The molecule has 1 saturated heterocycles. The number of nitrogens with one attached hydrogen (secondary N) is 1. The normalized spacial score (nSPS) is 18.0. The number of nitrogens with zero attached hydrogens (tertiary/aromatic N) is 4. The van der Waals surface area contributed by atoms with E-state index in [9.17, 15) is 4.79 Å². The fraction of sp³-hybridized carbons (Fsp3) is 0.438. The highest BCUT2D eigenvalue weighted by Gasteiger charge is 2.28. The van der Waals surface area contributed by atoms with Crippen LogP contribution >= 0.6 is 0 Å². The van der Waals surface area contributed by atoms with E-state index >= 15 is 0 Å². The van der Waals surface area contributed by atoms with Gasteiger partial charge in [0, 0.05) is 25.7 Å². The molecule has 1 atom stereocenters. The van der Waals surface area contributed by atoms with E-state index in [2.05, 4.69) is 15.6 Å². The average molecular weight is 315 g/mol. The van der Waals surface area contributed by atoms with Crippen LogP contribution in [0.1, 0.15) is 23.1 Å². The molecule has 2 aromatic rings. The molecule has 0 aliphatic carbocycles. The molecule has 1 amide bonds. The lowest BCUT2D eigenvalue weighted by Crippen LogP contribution is -2.52. The number of methoxy groups -OCH3 is 1. The van der Waals surface area contributed by atoms with Crippen LogP contribution in [0.5, 0.6) is 5.75 Å². The minimum Gasteiger partial charge on any atom is -0.497 e. The third kappa shape index (κ3) is 2.92. The van der Waals surface area contributed by atoms with Crippen LogP contribution in [0, 0.1) is 6.92 Å². The van der Waals surface area contributed by atoms with E-state index in [1.54, 1.807) is 11.8 Å². The Hall–Kier alpha value is -2.41. The molecule has 1 N–H and O–H groups in total. The average Bonchev–Trinajstić information content (AvgIpc) is 2.96. The second-order valence-corrected chi connectivity index (χ2v) is 5.68. The third-order valence-corrected chi connectivity index (χ3v) is 4.18. The van der Waals surface area contributed by atoms with Gasteiger partial charge in [0.1, 0.15) is 5.75 Å². The maximum atomic E-state index is 12.7. The van der Waals surface area contributed by atoms with Crippen molar-refractivity contribution in [1.29, 1.82) is 0 Å². The van der Waals surface area contributed by atoms with Gasteiger partial charge in [-0.1, -0.05) is 5.21 Å². The first-order valence-corrected chi connectivity index (χ1v) is 7.70. The molecule has 1 fully saturated rings. The van der Waals surface area contributed by atoms with E-state index < -0.39 is 0 Å². The maximum Gasteiger partial charge on any atom is 0.276 e. The molecule has 1 aromatic carbocycles. The highest BCUT2D eigenvalue weighted by atomic mass is 16.5. The largest absolute Gasteiger partial charge is 0.497 e. The molecule has 122 valence electrons. The standard InChI is InChI=1S/C16H21N5O2/c1-11-10-17-8-9-20(11)16(22)15-12(2)21(19-18-15)13-4-6-14(23-3)7-5-13/h4-7,11,17H,8-10H2,1-3H3/t11-/m1/s1. The van der Waals surface area contributed by atoms with Crippen molar-refractivity contribution in [2.75, 3.05) is 26.7 Å². The molecule has 23 heavy (non-hydrogen) atoms. The lowest BCUT2D eigenvalue weighted by Gasteiger charge is -2.33. The van der Waals surface area contributed by atoms with Gasteiger partial charge in [0.25, 0.3) is 5.91 Å². The van der Waals surface area contributed by atoms with E-state index in [4.69, 9.17) is 4.74 Å². The first kappa shape index (κ1) is 15.5. The zero-order chi connectivity index (χ0) is 16.4. The Balaban J connectivity index is 1.87. The Morgan fingerprint density at radius 1 is 1.35 bits per heavy atom. The van der Waals surface area contributed by atoms with E-state index in [1.165, 1.54) is 0 Å².